The van der Waals surface area contributed by atoms with Gasteiger partial charge in [0.1, 0.15) is 11.9 Å². The van der Waals surface area contributed by atoms with Crippen LogP contribution in [0.4, 0.5) is 0 Å². The van der Waals surface area contributed by atoms with Crippen molar-refractivity contribution in [1.82, 2.24) is 9.55 Å². The molecule has 15 heavy (non-hydrogen) atoms. The summed E-state index contributed by atoms with van der Waals surface area (Å²) in [6, 6.07) is 6.02. The zero-order valence-corrected chi connectivity index (χ0v) is 9.74. The molecule has 2 aromatic rings. The number of imidazole rings is 1. The van der Waals surface area contributed by atoms with E-state index in [0.29, 0.717) is 0 Å². The number of rotatable bonds is 0. The van der Waals surface area contributed by atoms with Crippen LogP contribution in [0.5, 0.6) is 0 Å². The van der Waals surface area contributed by atoms with Gasteiger partial charge in [-0.25, -0.2) is 4.98 Å². The molecule has 1 aromatic heterocycles. The Hall–Kier alpha value is -0.870. The first-order chi connectivity index (χ1) is 7.25. The highest BCUT2D eigenvalue weighted by atomic mass is 79.9. The van der Waals surface area contributed by atoms with Crippen LogP contribution in [0.3, 0.4) is 0 Å². The summed E-state index contributed by atoms with van der Waals surface area (Å²) in [6.07, 6.45) is 1.45. The first kappa shape index (κ1) is 9.36. The van der Waals surface area contributed by atoms with Gasteiger partial charge >= 0.3 is 0 Å². The molecule has 1 N–H and O–H groups in total. The molecule has 1 aromatic carbocycles. The van der Waals surface area contributed by atoms with Crippen molar-refractivity contribution in [2.45, 2.75) is 25.5 Å². The number of halogens is 1. The van der Waals surface area contributed by atoms with E-state index in [2.05, 4.69) is 31.5 Å². The molecule has 3 nitrogen and oxygen atoms in total. The molecule has 1 atom stereocenters. The Balaban J connectivity index is 2.31. The van der Waals surface area contributed by atoms with Gasteiger partial charge in [0.2, 0.25) is 0 Å². The van der Waals surface area contributed by atoms with Gasteiger partial charge in [-0.15, -0.1) is 0 Å². The number of aryl methyl sites for hydroxylation is 1. The number of fused-ring (bicyclic) bond motifs is 3. The lowest BCUT2D eigenvalue weighted by Gasteiger charge is -2.19. The Morgan fingerprint density at radius 1 is 1.47 bits per heavy atom. The van der Waals surface area contributed by atoms with Gasteiger partial charge < -0.3 is 9.67 Å². The molecule has 0 bridgehead atoms. The molecular formula is C11H11BrN2O. The molecule has 0 fully saturated rings. The van der Waals surface area contributed by atoms with Crippen LogP contribution < -0.4 is 0 Å². The van der Waals surface area contributed by atoms with Gasteiger partial charge in [-0.1, -0.05) is 15.9 Å². The third-order valence-electron chi connectivity index (χ3n) is 2.90. The summed E-state index contributed by atoms with van der Waals surface area (Å²) < 4.78 is 3.17. The Morgan fingerprint density at radius 2 is 2.33 bits per heavy atom. The van der Waals surface area contributed by atoms with Crippen LogP contribution in [-0.4, -0.2) is 14.7 Å². The van der Waals surface area contributed by atoms with Gasteiger partial charge in [-0.3, -0.25) is 0 Å². The van der Waals surface area contributed by atoms with Crippen molar-refractivity contribution in [3.8, 4) is 0 Å². The van der Waals surface area contributed by atoms with Crippen molar-refractivity contribution in [3.63, 3.8) is 0 Å². The fourth-order valence-corrected chi connectivity index (χ4v) is 2.52. The monoisotopic (exact) mass is 266 g/mol. The molecule has 1 aliphatic heterocycles. The van der Waals surface area contributed by atoms with E-state index in [1.54, 1.807) is 0 Å². The largest absolute Gasteiger partial charge is 0.385 e. The van der Waals surface area contributed by atoms with Gasteiger partial charge in [0.15, 0.2) is 0 Å². The van der Waals surface area contributed by atoms with Crippen molar-refractivity contribution in [3.05, 3.63) is 28.5 Å². The minimum atomic E-state index is -0.398. The molecule has 0 amide bonds. The average Bonchev–Trinajstić information content (AvgIpc) is 2.58. The molecule has 1 aliphatic rings. The Kier molecular flexibility index (Phi) is 2.07. The Bertz CT molecular complexity index is 521. The van der Waals surface area contributed by atoms with Gasteiger partial charge in [0.05, 0.1) is 11.0 Å². The van der Waals surface area contributed by atoms with Gasteiger partial charge in [0, 0.05) is 11.0 Å². The predicted molar refractivity (Wildman–Crippen MR) is 61.6 cm³/mol. The first-order valence-corrected chi connectivity index (χ1v) is 5.89. The highest BCUT2D eigenvalue weighted by Gasteiger charge is 2.21. The normalized spacial score (nSPS) is 20.5. The lowest BCUT2D eigenvalue weighted by Crippen LogP contribution is -2.15. The third kappa shape index (κ3) is 1.40. The summed E-state index contributed by atoms with van der Waals surface area (Å²) >= 11 is 3.46. The topological polar surface area (TPSA) is 38.0 Å². The highest BCUT2D eigenvalue weighted by Crippen LogP contribution is 2.29. The maximum atomic E-state index is 9.84. The second-order valence-corrected chi connectivity index (χ2v) is 4.83. The molecule has 4 heteroatoms. The van der Waals surface area contributed by atoms with Crippen LogP contribution in [0.2, 0.25) is 0 Å². The molecule has 0 saturated carbocycles. The number of hydrogen-bond donors (Lipinski definition) is 1. The lowest BCUT2D eigenvalue weighted by atomic mass is 10.1. The summed E-state index contributed by atoms with van der Waals surface area (Å²) in [7, 11) is 0. The lowest BCUT2D eigenvalue weighted by molar-refractivity contribution is 0.135. The number of nitrogens with zero attached hydrogens (tertiary/aromatic N) is 2. The van der Waals surface area contributed by atoms with E-state index in [9.17, 15) is 5.11 Å². The van der Waals surface area contributed by atoms with Crippen LogP contribution >= 0.6 is 15.9 Å². The number of aliphatic hydroxyl groups excluding tert-OH is 1. The summed E-state index contributed by atoms with van der Waals surface area (Å²) in [6.45, 7) is 0.958. The standard InChI is InChI=1S/C11H11BrN2O/c12-7-3-4-8-9(6-7)14-5-1-2-10(15)11(14)13-8/h3-4,6,10,15H,1-2,5H2. The van der Waals surface area contributed by atoms with Crippen LogP contribution in [0.1, 0.15) is 24.8 Å². The molecule has 2 heterocycles. The quantitative estimate of drug-likeness (QED) is 0.796. The van der Waals surface area contributed by atoms with E-state index in [-0.39, 0.29) is 0 Å². The molecule has 3 rings (SSSR count). The molecule has 0 radical (unpaired) electrons. The van der Waals surface area contributed by atoms with Crippen molar-refractivity contribution >= 4 is 27.0 Å². The van der Waals surface area contributed by atoms with E-state index < -0.39 is 6.10 Å². The maximum absolute atomic E-state index is 9.84. The number of hydrogen-bond acceptors (Lipinski definition) is 2. The van der Waals surface area contributed by atoms with Crippen molar-refractivity contribution in [1.29, 1.82) is 0 Å². The number of aliphatic hydroxyl groups is 1. The minimum Gasteiger partial charge on any atom is -0.385 e. The van der Waals surface area contributed by atoms with Crippen molar-refractivity contribution < 1.29 is 5.11 Å². The SMILES string of the molecule is OC1CCCn2c1nc1ccc(Br)cc12. The summed E-state index contributed by atoms with van der Waals surface area (Å²) in [5.41, 5.74) is 2.08. The highest BCUT2D eigenvalue weighted by molar-refractivity contribution is 9.10. The summed E-state index contributed by atoms with van der Waals surface area (Å²) in [5.74, 6) is 0.814. The van der Waals surface area contributed by atoms with Crippen LogP contribution in [0.25, 0.3) is 11.0 Å². The van der Waals surface area contributed by atoms with Crippen LogP contribution in [0.15, 0.2) is 22.7 Å². The average molecular weight is 267 g/mol. The zero-order valence-electron chi connectivity index (χ0n) is 8.15. The van der Waals surface area contributed by atoms with Gasteiger partial charge in [-0.05, 0) is 31.0 Å². The fourth-order valence-electron chi connectivity index (χ4n) is 2.18. The molecule has 78 valence electrons. The zero-order chi connectivity index (χ0) is 10.4. The van der Waals surface area contributed by atoms with E-state index in [4.69, 9.17) is 0 Å². The van der Waals surface area contributed by atoms with E-state index >= 15 is 0 Å². The van der Waals surface area contributed by atoms with Crippen LogP contribution in [-0.2, 0) is 6.54 Å². The number of benzene rings is 1. The fraction of sp³-hybridized carbons (Fsp3) is 0.364. The minimum absolute atomic E-state index is 0.398. The van der Waals surface area contributed by atoms with Crippen LogP contribution in [0, 0.1) is 0 Å². The molecule has 0 saturated heterocycles. The maximum Gasteiger partial charge on any atom is 0.138 e. The van der Waals surface area contributed by atoms with Crippen molar-refractivity contribution in [2.24, 2.45) is 0 Å². The molecule has 1 unspecified atom stereocenters. The van der Waals surface area contributed by atoms with Gasteiger partial charge in [0.25, 0.3) is 0 Å². The van der Waals surface area contributed by atoms with E-state index in [1.807, 2.05) is 12.1 Å². The smallest absolute Gasteiger partial charge is 0.138 e. The number of aromatic nitrogens is 2. The molecule has 0 aliphatic carbocycles. The van der Waals surface area contributed by atoms with E-state index in [0.717, 1.165) is 40.7 Å². The first-order valence-electron chi connectivity index (χ1n) is 5.09. The summed E-state index contributed by atoms with van der Waals surface area (Å²) in [4.78, 5) is 4.47. The summed E-state index contributed by atoms with van der Waals surface area (Å²) in [5, 5.41) is 9.84. The van der Waals surface area contributed by atoms with E-state index in [1.165, 1.54) is 0 Å². The van der Waals surface area contributed by atoms with Gasteiger partial charge in [-0.2, -0.15) is 0 Å². The third-order valence-corrected chi connectivity index (χ3v) is 3.39. The Morgan fingerprint density at radius 3 is 3.20 bits per heavy atom. The molecular weight excluding hydrogens is 256 g/mol. The predicted octanol–water partition coefficient (Wildman–Crippen LogP) is 2.63. The Labute approximate surface area is 95.9 Å². The second kappa shape index (κ2) is 3.32. The van der Waals surface area contributed by atoms with Crippen molar-refractivity contribution in [2.75, 3.05) is 0 Å². The molecule has 0 spiro atoms. The second-order valence-electron chi connectivity index (χ2n) is 3.91.